The van der Waals surface area contributed by atoms with E-state index in [1.165, 1.54) is 135 Å². The number of esters is 1. The molecule has 0 aromatic rings. The third-order valence-corrected chi connectivity index (χ3v) is 10.2. The summed E-state index contributed by atoms with van der Waals surface area (Å²) < 4.78 is 12.0. The van der Waals surface area contributed by atoms with Crippen molar-refractivity contribution in [2.24, 2.45) is 11.8 Å². The lowest BCUT2D eigenvalue weighted by Gasteiger charge is -2.33. The molecule has 0 radical (unpaired) electrons. The highest BCUT2D eigenvalue weighted by Gasteiger charge is 2.26. The van der Waals surface area contributed by atoms with Crippen LogP contribution < -0.4 is 0 Å². The van der Waals surface area contributed by atoms with E-state index in [-0.39, 0.29) is 12.1 Å². The highest BCUT2D eigenvalue weighted by molar-refractivity contribution is 5.69. The Balaban J connectivity index is 2.16. The van der Waals surface area contributed by atoms with Gasteiger partial charge in [0.2, 0.25) is 0 Å². The van der Waals surface area contributed by atoms with Gasteiger partial charge in [-0.3, -0.25) is 4.79 Å². The molecule has 1 fully saturated rings. The number of carbonyl (C=O) groups is 1. The average Bonchev–Trinajstić information content (AvgIpc) is 3.04. The third kappa shape index (κ3) is 25.1. The molecule has 0 aromatic carbocycles. The second-order valence-corrected chi connectivity index (χ2v) is 14.6. The lowest BCUT2D eigenvalue weighted by molar-refractivity contribution is -0.176. The van der Waals surface area contributed by atoms with Crippen LogP contribution in [0, 0.1) is 11.8 Å². The van der Waals surface area contributed by atoms with Crippen LogP contribution in [-0.2, 0) is 14.3 Å². The molecule has 0 amide bonds. The first-order valence-corrected chi connectivity index (χ1v) is 20.2. The SMILES string of the molecule is CCCCCCCCCC(CCCCCCCCCCC(=O)OCC(CCCC)CCCCCC)OC(O)C1CCN(C)CC1. The molecule has 3 atom stereocenters. The second kappa shape index (κ2) is 30.7. The second-order valence-electron chi connectivity index (χ2n) is 14.6. The fourth-order valence-corrected chi connectivity index (χ4v) is 6.88. The summed E-state index contributed by atoms with van der Waals surface area (Å²) in [6, 6.07) is 0. The number of aliphatic hydroxyl groups excluding tert-OH is 1. The van der Waals surface area contributed by atoms with E-state index in [2.05, 4.69) is 32.7 Å². The first-order valence-electron chi connectivity index (χ1n) is 20.2. The predicted molar refractivity (Wildman–Crippen MR) is 193 cm³/mol. The number of hydrogen-bond donors (Lipinski definition) is 1. The summed E-state index contributed by atoms with van der Waals surface area (Å²) >= 11 is 0. The highest BCUT2D eigenvalue weighted by atomic mass is 16.6. The number of hydrogen-bond acceptors (Lipinski definition) is 5. The average molecular weight is 638 g/mol. The van der Waals surface area contributed by atoms with Crippen molar-refractivity contribution < 1.29 is 19.4 Å². The zero-order valence-electron chi connectivity index (χ0n) is 30.8. The molecule has 1 aliphatic heterocycles. The molecule has 1 rings (SSSR count). The summed E-state index contributed by atoms with van der Waals surface area (Å²) in [7, 11) is 2.17. The van der Waals surface area contributed by atoms with Gasteiger partial charge in [0.25, 0.3) is 0 Å². The van der Waals surface area contributed by atoms with Crippen LogP contribution in [-0.4, -0.2) is 55.1 Å². The molecule has 0 aromatic heterocycles. The fourth-order valence-electron chi connectivity index (χ4n) is 6.88. The topological polar surface area (TPSA) is 59.0 Å². The maximum atomic E-state index is 12.3. The molecule has 1 N–H and O–H groups in total. The maximum Gasteiger partial charge on any atom is 0.305 e. The lowest BCUT2D eigenvalue weighted by atomic mass is 9.96. The summed E-state index contributed by atoms with van der Waals surface area (Å²) in [5, 5.41) is 10.9. The Labute approximate surface area is 281 Å². The number of ether oxygens (including phenoxy) is 2. The van der Waals surface area contributed by atoms with Crippen LogP contribution in [0.5, 0.6) is 0 Å². The van der Waals surface area contributed by atoms with Crippen molar-refractivity contribution in [3.63, 3.8) is 0 Å². The standard InChI is InChI=1S/C40H79NO4/c1-5-8-11-13-16-19-23-28-38(45-40(43)37-31-33-41(4)34-32-37)29-24-20-17-14-15-18-21-25-30-39(42)44-35-36(26-10-7-3)27-22-12-9-6-2/h36-38,40,43H,5-35H2,1-4H3. The number of nitrogens with zero attached hydrogens (tertiary/aromatic N) is 1. The first-order chi connectivity index (χ1) is 22.0. The number of unbranched alkanes of at least 4 members (excludes halogenated alkanes) is 17. The monoisotopic (exact) mass is 638 g/mol. The van der Waals surface area contributed by atoms with Gasteiger partial charge in [-0.2, -0.15) is 0 Å². The van der Waals surface area contributed by atoms with E-state index < -0.39 is 6.29 Å². The van der Waals surface area contributed by atoms with Crippen LogP contribution in [0.25, 0.3) is 0 Å². The van der Waals surface area contributed by atoms with E-state index in [0.717, 1.165) is 51.6 Å². The smallest absolute Gasteiger partial charge is 0.305 e. The number of piperidine rings is 1. The van der Waals surface area contributed by atoms with Gasteiger partial charge < -0.3 is 19.5 Å². The van der Waals surface area contributed by atoms with E-state index >= 15 is 0 Å². The molecule has 268 valence electrons. The van der Waals surface area contributed by atoms with E-state index in [1.54, 1.807) is 0 Å². The Morgan fingerprint density at radius 1 is 0.644 bits per heavy atom. The van der Waals surface area contributed by atoms with E-state index in [0.29, 0.717) is 24.9 Å². The van der Waals surface area contributed by atoms with Crippen LogP contribution in [0.2, 0.25) is 0 Å². The molecule has 1 saturated heterocycles. The maximum absolute atomic E-state index is 12.3. The molecule has 0 spiro atoms. The molecule has 45 heavy (non-hydrogen) atoms. The number of rotatable bonds is 32. The van der Waals surface area contributed by atoms with Crippen molar-refractivity contribution in [2.75, 3.05) is 26.7 Å². The van der Waals surface area contributed by atoms with Gasteiger partial charge in [0, 0.05) is 12.3 Å². The zero-order chi connectivity index (χ0) is 32.8. The summed E-state index contributed by atoms with van der Waals surface area (Å²) in [5.74, 6) is 0.860. The van der Waals surface area contributed by atoms with Crippen molar-refractivity contribution >= 4 is 5.97 Å². The lowest BCUT2D eigenvalue weighted by Crippen LogP contribution is -2.38. The van der Waals surface area contributed by atoms with Crippen molar-refractivity contribution in [1.82, 2.24) is 4.90 Å². The van der Waals surface area contributed by atoms with Crippen molar-refractivity contribution in [1.29, 1.82) is 0 Å². The van der Waals surface area contributed by atoms with Crippen LogP contribution in [0.4, 0.5) is 0 Å². The Morgan fingerprint density at radius 3 is 1.64 bits per heavy atom. The molecule has 0 bridgehead atoms. The van der Waals surface area contributed by atoms with Crippen molar-refractivity contribution in [3.05, 3.63) is 0 Å². The van der Waals surface area contributed by atoms with Gasteiger partial charge in [0.15, 0.2) is 6.29 Å². The van der Waals surface area contributed by atoms with Crippen molar-refractivity contribution in [2.45, 2.75) is 213 Å². The minimum atomic E-state index is -0.594. The Morgan fingerprint density at radius 2 is 1.09 bits per heavy atom. The first kappa shape index (κ1) is 42.4. The number of aliphatic hydroxyl groups is 1. The summed E-state index contributed by atoms with van der Waals surface area (Å²) in [6.45, 7) is 9.54. The quantitative estimate of drug-likeness (QED) is 0.0452. The van der Waals surface area contributed by atoms with E-state index in [1.807, 2.05) is 0 Å². The molecule has 5 heteroatoms. The van der Waals surface area contributed by atoms with Gasteiger partial charge in [-0.15, -0.1) is 0 Å². The van der Waals surface area contributed by atoms with Crippen LogP contribution in [0.3, 0.4) is 0 Å². The van der Waals surface area contributed by atoms with Gasteiger partial charge in [0.05, 0.1) is 12.7 Å². The number of carbonyl (C=O) groups excluding carboxylic acids is 1. The number of likely N-dealkylation sites (tertiary alicyclic amines) is 1. The van der Waals surface area contributed by atoms with Gasteiger partial charge in [0.1, 0.15) is 0 Å². The van der Waals surface area contributed by atoms with Crippen LogP contribution >= 0.6 is 0 Å². The minimum Gasteiger partial charge on any atom is -0.465 e. The van der Waals surface area contributed by atoms with E-state index in [9.17, 15) is 9.90 Å². The highest BCUT2D eigenvalue weighted by Crippen LogP contribution is 2.25. The van der Waals surface area contributed by atoms with Gasteiger partial charge in [-0.1, -0.05) is 149 Å². The Hall–Kier alpha value is -0.650. The predicted octanol–water partition coefficient (Wildman–Crippen LogP) is 11.4. The van der Waals surface area contributed by atoms with Crippen molar-refractivity contribution in [3.8, 4) is 0 Å². The Bertz CT molecular complexity index is 636. The third-order valence-electron chi connectivity index (χ3n) is 10.2. The van der Waals surface area contributed by atoms with E-state index in [4.69, 9.17) is 9.47 Å². The van der Waals surface area contributed by atoms with Crippen LogP contribution in [0.1, 0.15) is 201 Å². The minimum absolute atomic E-state index is 0.0132. The zero-order valence-corrected chi connectivity index (χ0v) is 30.8. The summed E-state index contributed by atoms with van der Waals surface area (Å²) in [4.78, 5) is 14.7. The molecule has 1 heterocycles. The normalized spacial score (nSPS) is 16.6. The molecule has 1 aliphatic rings. The summed E-state index contributed by atoms with van der Waals surface area (Å²) in [6.07, 6.45) is 33.4. The van der Waals surface area contributed by atoms with Gasteiger partial charge in [-0.25, -0.2) is 0 Å². The molecule has 3 unspecified atom stereocenters. The van der Waals surface area contributed by atoms with Crippen LogP contribution in [0.15, 0.2) is 0 Å². The largest absolute Gasteiger partial charge is 0.465 e. The summed E-state index contributed by atoms with van der Waals surface area (Å²) in [5.41, 5.74) is 0. The molecular formula is C40H79NO4. The molecular weight excluding hydrogens is 558 g/mol. The molecule has 0 aliphatic carbocycles. The fraction of sp³-hybridized carbons (Fsp3) is 0.975. The van der Waals surface area contributed by atoms with Gasteiger partial charge >= 0.3 is 5.97 Å². The molecule has 5 nitrogen and oxygen atoms in total. The Kier molecular flexibility index (Phi) is 28.9. The molecule has 0 saturated carbocycles. The van der Waals surface area contributed by atoms with Gasteiger partial charge in [-0.05, 0) is 71.0 Å².